The van der Waals surface area contributed by atoms with Gasteiger partial charge in [0.15, 0.2) is 0 Å². The second kappa shape index (κ2) is 10.8. The van der Waals surface area contributed by atoms with Crippen LogP contribution in [0.15, 0.2) is 60.7 Å². The van der Waals surface area contributed by atoms with Crippen molar-refractivity contribution in [3.8, 4) is 0 Å². The van der Waals surface area contributed by atoms with E-state index in [9.17, 15) is 14.4 Å². The molecule has 7 heteroatoms. The number of anilines is 2. The summed E-state index contributed by atoms with van der Waals surface area (Å²) in [5.74, 6) is -0.417. The number of amides is 3. The standard InChI is InChI=1S/C27H34N4O3/c1-3-22(28-2)25(32)29-23-16-10-15-21-17-18-24(31(21)26(23)33)27(34)30(19-11-6-4-7-12-19)20-13-8-5-9-14-20/h4-9,11-14,21-24,28H,3,10,15-18H2,1-2H3,(H,29,32). The van der Waals surface area contributed by atoms with Gasteiger partial charge in [-0.2, -0.15) is 0 Å². The highest BCUT2D eigenvalue weighted by Gasteiger charge is 2.46. The van der Waals surface area contributed by atoms with Gasteiger partial charge >= 0.3 is 0 Å². The topological polar surface area (TPSA) is 81.8 Å². The Kier molecular flexibility index (Phi) is 7.63. The van der Waals surface area contributed by atoms with E-state index < -0.39 is 12.1 Å². The van der Waals surface area contributed by atoms with Gasteiger partial charge < -0.3 is 15.5 Å². The maximum Gasteiger partial charge on any atom is 0.254 e. The molecule has 0 radical (unpaired) electrons. The lowest BCUT2D eigenvalue weighted by Gasteiger charge is -2.34. The molecule has 2 heterocycles. The molecule has 2 aliphatic rings. The van der Waals surface area contributed by atoms with E-state index in [1.54, 1.807) is 16.8 Å². The van der Waals surface area contributed by atoms with Crippen LogP contribution in [-0.4, -0.2) is 53.8 Å². The predicted molar refractivity (Wildman–Crippen MR) is 133 cm³/mol. The van der Waals surface area contributed by atoms with Crippen LogP contribution in [0.2, 0.25) is 0 Å². The van der Waals surface area contributed by atoms with Crippen molar-refractivity contribution in [1.82, 2.24) is 15.5 Å². The number of rotatable bonds is 7. The van der Waals surface area contributed by atoms with Crippen LogP contribution in [0, 0.1) is 0 Å². The summed E-state index contributed by atoms with van der Waals surface area (Å²) < 4.78 is 0. The summed E-state index contributed by atoms with van der Waals surface area (Å²) in [6, 6.07) is 17.6. The van der Waals surface area contributed by atoms with Crippen molar-refractivity contribution in [2.75, 3.05) is 11.9 Å². The third kappa shape index (κ3) is 4.85. The smallest absolute Gasteiger partial charge is 0.254 e. The van der Waals surface area contributed by atoms with Gasteiger partial charge in [0.1, 0.15) is 12.1 Å². The highest BCUT2D eigenvalue weighted by Crippen LogP contribution is 2.35. The van der Waals surface area contributed by atoms with Crippen LogP contribution in [0.3, 0.4) is 0 Å². The van der Waals surface area contributed by atoms with Gasteiger partial charge in [-0.1, -0.05) is 43.3 Å². The van der Waals surface area contributed by atoms with E-state index in [0.717, 1.165) is 30.6 Å². The minimum absolute atomic E-state index is 0.0306. The number of likely N-dealkylation sites (N-methyl/N-ethyl adjacent to an activating group) is 1. The molecule has 2 N–H and O–H groups in total. The maximum absolute atomic E-state index is 14.0. The van der Waals surface area contributed by atoms with Crippen LogP contribution in [0.5, 0.6) is 0 Å². The van der Waals surface area contributed by atoms with Gasteiger partial charge in [0.05, 0.1) is 6.04 Å². The van der Waals surface area contributed by atoms with Gasteiger partial charge in [-0.3, -0.25) is 19.3 Å². The van der Waals surface area contributed by atoms with E-state index in [4.69, 9.17) is 0 Å². The monoisotopic (exact) mass is 462 g/mol. The summed E-state index contributed by atoms with van der Waals surface area (Å²) in [7, 11) is 1.75. The normalized spacial score (nSPS) is 23.1. The van der Waals surface area contributed by atoms with E-state index in [2.05, 4.69) is 10.6 Å². The zero-order valence-electron chi connectivity index (χ0n) is 19.9. The summed E-state index contributed by atoms with van der Waals surface area (Å²) in [5, 5.41) is 5.96. The van der Waals surface area contributed by atoms with Crippen molar-refractivity contribution >= 4 is 29.1 Å². The fourth-order valence-electron chi connectivity index (χ4n) is 5.24. The molecule has 2 fully saturated rings. The van der Waals surface area contributed by atoms with Crippen molar-refractivity contribution in [2.24, 2.45) is 0 Å². The van der Waals surface area contributed by atoms with E-state index >= 15 is 0 Å². The number of hydrogen-bond acceptors (Lipinski definition) is 4. The first-order chi connectivity index (χ1) is 16.5. The summed E-state index contributed by atoms with van der Waals surface area (Å²) >= 11 is 0. The van der Waals surface area contributed by atoms with Crippen LogP contribution < -0.4 is 15.5 Å². The summed E-state index contributed by atoms with van der Waals surface area (Å²) in [4.78, 5) is 43.9. The molecule has 2 aliphatic heterocycles. The van der Waals surface area contributed by atoms with E-state index in [1.165, 1.54) is 0 Å². The Balaban J connectivity index is 1.61. The Bertz CT molecular complexity index is 954. The molecular formula is C27H34N4O3. The number of carbonyl (C=O) groups is 3. The molecule has 180 valence electrons. The Morgan fingerprint density at radius 3 is 2.15 bits per heavy atom. The van der Waals surface area contributed by atoms with Gasteiger partial charge in [-0.05, 0) is 69.8 Å². The van der Waals surface area contributed by atoms with Gasteiger partial charge in [0, 0.05) is 17.4 Å². The second-order valence-electron chi connectivity index (χ2n) is 9.08. The van der Waals surface area contributed by atoms with Crippen molar-refractivity contribution in [3.63, 3.8) is 0 Å². The zero-order valence-corrected chi connectivity index (χ0v) is 19.9. The van der Waals surface area contributed by atoms with Crippen LogP contribution >= 0.6 is 0 Å². The average Bonchev–Trinajstić information content (AvgIpc) is 3.22. The molecular weight excluding hydrogens is 428 g/mol. The van der Waals surface area contributed by atoms with E-state index in [-0.39, 0.29) is 29.8 Å². The number of carbonyl (C=O) groups excluding carboxylic acids is 3. The van der Waals surface area contributed by atoms with Gasteiger partial charge in [-0.15, -0.1) is 0 Å². The molecule has 7 nitrogen and oxygen atoms in total. The van der Waals surface area contributed by atoms with Crippen LogP contribution in [0.4, 0.5) is 11.4 Å². The SMILES string of the molecule is CCC(NC)C(=O)NC1CCCC2CCC(C(=O)N(c3ccccc3)c3ccccc3)N2C1=O. The number of hydrogen-bond donors (Lipinski definition) is 2. The summed E-state index contributed by atoms with van der Waals surface area (Å²) in [5.41, 5.74) is 1.54. The fraction of sp³-hybridized carbons (Fsp3) is 0.444. The van der Waals surface area contributed by atoms with Crippen LogP contribution in [-0.2, 0) is 14.4 Å². The third-order valence-corrected chi connectivity index (χ3v) is 7.01. The average molecular weight is 463 g/mol. The molecule has 2 aromatic rings. The minimum atomic E-state index is -0.602. The van der Waals surface area contributed by atoms with Crippen LogP contribution in [0.25, 0.3) is 0 Å². The largest absolute Gasteiger partial charge is 0.343 e. The van der Waals surface area contributed by atoms with E-state index in [1.807, 2.05) is 67.6 Å². The summed E-state index contributed by atoms with van der Waals surface area (Å²) in [6.07, 6.45) is 4.35. The lowest BCUT2D eigenvalue weighted by Crippen LogP contribution is -2.56. The Morgan fingerprint density at radius 1 is 0.971 bits per heavy atom. The first-order valence-corrected chi connectivity index (χ1v) is 12.3. The molecule has 4 atom stereocenters. The number of fused-ring (bicyclic) bond motifs is 1. The van der Waals surface area contributed by atoms with Gasteiger partial charge in [-0.25, -0.2) is 0 Å². The molecule has 2 aromatic carbocycles. The van der Waals surface area contributed by atoms with Crippen molar-refractivity contribution < 1.29 is 14.4 Å². The summed E-state index contributed by atoms with van der Waals surface area (Å²) in [6.45, 7) is 1.93. The Morgan fingerprint density at radius 2 is 1.59 bits per heavy atom. The lowest BCUT2D eigenvalue weighted by atomic mass is 10.0. The maximum atomic E-state index is 14.0. The molecule has 0 aromatic heterocycles. The number of benzene rings is 2. The Labute approximate surface area is 201 Å². The van der Waals surface area contributed by atoms with Crippen molar-refractivity contribution in [3.05, 3.63) is 60.7 Å². The minimum Gasteiger partial charge on any atom is -0.343 e. The second-order valence-corrected chi connectivity index (χ2v) is 9.08. The first-order valence-electron chi connectivity index (χ1n) is 12.3. The highest BCUT2D eigenvalue weighted by atomic mass is 16.2. The molecule has 4 rings (SSSR count). The van der Waals surface area contributed by atoms with Gasteiger partial charge in [0.25, 0.3) is 5.91 Å². The number of nitrogens with zero attached hydrogens (tertiary/aromatic N) is 2. The number of para-hydroxylation sites is 2. The lowest BCUT2D eigenvalue weighted by molar-refractivity contribution is -0.142. The third-order valence-electron chi connectivity index (χ3n) is 7.01. The quantitative estimate of drug-likeness (QED) is 0.661. The molecule has 0 bridgehead atoms. The zero-order chi connectivity index (χ0) is 24.1. The molecule has 0 spiro atoms. The highest BCUT2D eigenvalue weighted by molar-refractivity contribution is 6.05. The van der Waals surface area contributed by atoms with E-state index in [0.29, 0.717) is 19.3 Å². The molecule has 3 amide bonds. The molecule has 0 saturated carbocycles. The van der Waals surface area contributed by atoms with Gasteiger partial charge in [0.2, 0.25) is 11.8 Å². The molecule has 4 unspecified atom stereocenters. The van der Waals surface area contributed by atoms with Crippen molar-refractivity contribution in [1.29, 1.82) is 0 Å². The molecule has 34 heavy (non-hydrogen) atoms. The van der Waals surface area contributed by atoms with Crippen molar-refractivity contribution in [2.45, 2.75) is 69.6 Å². The Hall–Kier alpha value is -3.19. The number of nitrogens with one attached hydrogen (secondary N) is 2. The predicted octanol–water partition coefficient (Wildman–Crippen LogP) is 3.38. The fourth-order valence-corrected chi connectivity index (χ4v) is 5.24. The van der Waals surface area contributed by atoms with Crippen LogP contribution in [0.1, 0.15) is 45.4 Å². The first kappa shape index (κ1) is 24.0. The molecule has 2 saturated heterocycles. The molecule has 0 aliphatic carbocycles.